The van der Waals surface area contributed by atoms with Crippen molar-refractivity contribution in [3.63, 3.8) is 0 Å². The monoisotopic (exact) mass is 269 g/mol. The second-order valence-corrected chi connectivity index (χ2v) is 5.80. The number of rotatable bonds is 3. The summed E-state index contributed by atoms with van der Waals surface area (Å²) in [4.78, 5) is 0.142. The van der Waals surface area contributed by atoms with E-state index in [0.29, 0.717) is 17.1 Å². The number of nitrogens with zero attached hydrogens (tertiary/aromatic N) is 1. The molecule has 0 fully saturated rings. The lowest BCUT2D eigenvalue weighted by Gasteiger charge is -2.07. The van der Waals surface area contributed by atoms with Gasteiger partial charge < -0.3 is 5.73 Å². The number of hydrogen-bond acceptors (Lipinski definition) is 5. The first-order chi connectivity index (χ1) is 7.99. The van der Waals surface area contributed by atoms with Crippen LogP contribution < -0.4 is 10.5 Å². The van der Waals surface area contributed by atoms with Gasteiger partial charge >= 0.3 is 0 Å². The molecule has 0 aliphatic rings. The maximum atomic E-state index is 12.0. The zero-order chi connectivity index (χ0) is 12.5. The second kappa shape index (κ2) is 4.34. The number of aryl methyl sites for hydroxylation is 1. The summed E-state index contributed by atoms with van der Waals surface area (Å²) in [5, 5.41) is 1.65. The molecule has 1 heterocycles. The largest absolute Gasteiger partial charge is 0.399 e. The van der Waals surface area contributed by atoms with E-state index in [1.54, 1.807) is 24.4 Å². The van der Waals surface area contributed by atoms with Gasteiger partial charge in [-0.15, -0.1) is 0 Å². The molecule has 0 radical (unpaired) electrons. The summed E-state index contributed by atoms with van der Waals surface area (Å²) in [5.74, 6) is 0. The molecule has 17 heavy (non-hydrogen) atoms. The molecule has 2 rings (SSSR count). The summed E-state index contributed by atoms with van der Waals surface area (Å²) in [6.45, 7) is 1.74. The van der Waals surface area contributed by atoms with Crippen molar-refractivity contribution in [2.45, 2.75) is 11.8 Å². The highest BCUT2D eigenvalue weighted by molar-refractivity contribution is 7.92. The number of nitrogens with two attached hydrogens (primary N) is 1. The molecule has 3 N–H and O–H groups in total. The minimum Gasteiger partial charge on any atom is -0.399 e. The van der Waals surface area contributed by atoms with Gasteiger partial charge in [-0.2, -0.15) is 4.37 Å². The predicted molar refractivity (Wildman–Crippen MR) is 68.5 cm³/mol. The predicted octanol–water partition coefficient (Wildman–Crippen LogP) is 1.83. The Morgan fingerprint density at radius 3 is 2.76 bits per heavy atom. The van der Waals surface area contributed by atoms with Crippen LogP contribution in [0, 0.1) is 6.92 Å². The maximum absolute atomic E-state index is 12.0. The van der Waals surface area contributed by atoms with E-state index in [1.165, 1.54) is 23.7 Å². The van der Waals surface area contributed by atoms with Crippen LogP contribution >= 0.6 is 11.5 Å². The lowest BCUT2D eigenvalue weighted by molar-refractivity contribution is 0.601. The summed E-state index contributed by atoms with van der Waals surface area (Å²) >= 11 is 1.20. The SMILES string of the molecule is Cc1nscc1NS(=O)(=O)c1cccc(N)c1. The van der Waals surface area contributed by atoms with Gasteiger partial charge in [0.1, 0.15) is 0 Å². The molecular weight excluding hydrogens is 258 g/mol. The van der Waals surface area contributed by atoms with Gasteiger partial charge in [0.2, 0.25) is 0 Å². The van der Waals surface area contributed by atoms with Crippen LogP contribution in [0.4, 0.5) is 11.4 Å². The lowest BCUT2D eigenvalue weighted by atomic mass is 10.3. The average Bonchev–Trinajstić information content (AvgIpc) is 2.64. The Labute approximate surface area is 104 Å². The standard InChI is InChI=1S/C10H11N3O2S2/c1-7-10(6-16-12-7)13-17(14,15)9-4-2-3-8(11)5-9/h2-6,13H,11H2,1H3. The fourth-order valence-electron chi connectivity index (χ4n) is 1.28. The maximum Gasteiger partial charge on any atom is 0.262 e. The van der Waals surface area contributed by atoms with Gasteiger partial charge in [0.05, 0.1) is 16.3 Å². The van der Waals surface area contributed by atoms with E-state index in [4.69, 9.17) is 5.73 Å². The van der Waals surface area contributed by atoms with E-state index in [-0.39, 0.29) is 4.90 Å². The number of aromatic nitrogens is 1. The summed E-state index contributed by atoms with van der Waals surface area (Å²) in [6, 6.07) is 6.14. The average molecular weight is 269 g/mol. The quantitative estimate of drug-likeness (QED) is 0.832. The van der Waals surface area contributed by atoms with Gasteiger partial charge in [0, 0.05) is 11.1 Å². The van der Waals surface area contributed by atoms with E-state index in [9.17, 15) is 8.42 Å². The Kier molecular flexibility index (Phi) is 3.03. The van der Waals surface area contributed by atoms with Gasteiger partial charge in [-0.05, 0) is 36.7 Å². The summed E-state index contributed by atoms with van der Waals surface area (Å²) in [6.07, 6.45) is 0. The molecule has 5 nitrogen and oxygen atoms in total. The Balaban J connectivity index is 2.35. The molecule has 0 atom stereocenters. The number of anilines is 2. The van der Waals surface area contributed by atoms with E-state index >= 15 is 0 Å². The van der Waals surface area contributed by atoms with Gasteiger partial charge in [-0.1, -0.05) is 6.07 Å². The Morgan fingerprint density at radius 2 is 2.18 bits per heavy atom. The van der Waals surface area contributed by atoms with E-state index in [0.717, 1.165) is 0 Å². The van der Waals surface area contributed by atoms with Crippen LogP contribution in [0.15, 0.2) is 34.5 Å². The number of nitrogen functional groups attached to an aromatic ring is 1. The summed E-state index contributed by atoms with van der Waals surface area (Å²) < 4.78 is 30.5. The Morgan fingerprint density at radius 1 is 1.41 bits per heavy atom. The molecule has 0 spiro atoms. The second-order valence-electron chi connectivity index (χ2n) is 3.49. The minimum absolute atomic E-state index is 0.142. The fourth-order valence-corrected chi connectivity index (χ4v) is 3.16. The number of nitrogens with one attached hydrogen (secondary N) is 1. The van der Waals surface area contributed by atoms with Gasteiger partial charge in [-0.25, -0.2) is 8.42 Å². The topological polar surface area (TPSA) is 85.1 Å². The van der Waals surface area contributed by atoms with Crippen molar-refractivity contribution in [1.82, 2.24) is 4.37 Å². The highest BCUT2D eigenvalue weighted by atomic mass is 32.2. The van der Waals surface area contributed by atoms with Gasteiger partial charge in [0.15, 0.2) is 0 Å². The molecule has 2 aromatic rings. The third-order valence-corrected chi connectivity index (χ3v) is 4.25. The van der Waals surface area contributed by atoms with Gasteiger partial charge in [-0.3, -0.25) is 4.72 Å². The number of hydrogen-bond donors (Lipinski definition) is 2. The molecule has 7 heteroatoms. The van der Waals surface area contributed by atoms with Crippen molar-refractivity contribution < 1.29 is 8.42 Å². The molecule has 0 saturated carbocycles. The smallest absolute Gasteiger partial charge is 0.262 e. The van der Waals surface area contributed by atoms with Crippen LogP contribution in [0.1, 0.15) is 5.69 Å². The molecule has 0 saturated heterocycles. The molecular formula is C10H11N3O2S2. The molecule has 0 aliphatic carbocycles. The highest BCUT2D eigenvalue weighted by Gasteiger charge is 2.16. The molecule has 1 aromatic carbocycles. The Hall–Kier alpha value is -1.60. The molecule has 1 aromatic heterocycles. The molecule has 90 valence electrons. The van der Waals surface area contributed by atoms with E-state index in [1.807, 2.05) is 0 Å². The van der Waals surface area contributed by atoms with Crippen molar-refractivity contribution in [2.75, 3.05) is 10.5 Å². The fraction of sp³-hybridized carbons (Fsp3) is 0.100. The van der Waals surface area contributed by atoms with Crippen LogP contribution in [0.5, 0.6) is 0 Å². The molecule has 0 aliphatic heterocycles. The normalized spacial score (nSPS) is 11.4. The number of sulfonamides is 1. The third kappa shape index (κ3) is 2.56. The Bertz CT molecular complexity index is 635. The molecule has 0 bridgehead atoms. The highest BCUT2D eigenvalue weighted by Crippen LogP contribution is 2.21. The number of benzene rings is 1. The van der Waals surface area contributed by atoms with Crippen LogP contribution in [0.2, 0.25) is 0 Å². The van der Waals surface area contributed by atoms with Crippen molar-refractivity contribution >= 4 is 32.9 Å². The van der Waals surface area contributed by atoms with Crippen molar-refractivity contribution in [1.29, 1.82) is 0 Å². The zero-order valence-electron chi connectivity index (χ0n) is 9.04. The van der Waals surface area contributed by atoms with Crippen LogP contribution in [0.3, 0.4) is 0 Å². The first-order valence-electron chi connectivity index (χ1n) is 4.78. The first-order valence-corrected chi connectivity index (χ1v) is 7.10. The lowest BCUT2D eigenvalue weighted by Crippen LogP contribution is -2.13. The molecule has 0 amide bonds. The molecule has 0 unspecified atom stereocenters. The zero-order valence-corrected chi connectivity index (χ0v) is 10.7. The van der Waals surface area contributed by atoms with Crippen LogP contribution in [0.25, 0.3) is 0 Å². The summed E-state index contributed by atoms with van der Waals surface area (Å²) in [7, 11) is -3.59. The van der Waals surface area contributed by atoms with Crippen LogP contribution in [-0.2, 0) is 10.0 Å². The van der Waals surface area contributed by atoms with Crippen molar-refractivity contribution in [3.8, 4) is 0 Å². The van der Waals surface area contributed by atoms with Crippen molar-refractivity contribution in [3.05, 3.63) is 35.3 Å². The van der Waals surface area contributed by atoms with E-state index < -0.39 is 10.0 Å². The van der Waals surface area contributed by atoms with E-state index in [2.05, 4.69) is 9.10 Å². The third-order valence-electron chi connectivity index (χ3n) is 2.16. The minimum atomic E-state index is -3.59. The van der Waals surface area contributed by atoms with Crippen LogP contribution in [-0.4, -0.2) is 12.8 Å². The first kappa shape index (κ1) is 11.9. The van der Waals surface area contributed by atoms with Gasteiger partial charge in [0.25, 0.3) is 10.0 Å². The summed E-state index contributed by atoms with van der Waals surface area (Å²) in [5.41, 5.74) is 7.12. The van der Waals surface area contributed by atoms with Crippen molar-refractivity contribution in [2.24, 2.45) is 0 Å².